The first kappa shape index (κ1) is 16.7. The van der Waals surface area contributed by atoms with Crippen molar-refractivity contribution < 1.29 is 9.59 Å². The molecule has 2 aromatic carbocycles. The van der Waals surface area contributed by atoms with Crippen molar-refractivity contribution in [3.05, 3.63) is 64.1 Å². The molecule has 0 radical (unpaired) electrons. The van der Waals surface area contributed by atoms with Crippen LogP contribution in [0.2, 0.25) is 0 Å². The number of hydrogen-bond acceptors (Lipinski definition) is 2. The largest absolute Gasteiger partial charge is 0.349 e. The maximum absolute atomic E-state index is 12.1. The van der Waals surface area contributed by atoms with Crippen LogP contribution in [0, 0.1) is 0 Å². The Morgan fingerprint density at radius 1 is 1.08 bits per heavy atom. The van der Waals surface area contributed by atoms with E-state index in [1.165, 1.54) is 0 Å². The predicted molar refractivity (Wildman–Crippen MR) is 98.0 cm³/mol. The van der Waals surface area contributed by atoms with E-state index in [1.54, 1.807) is 24.3 Å². The summed E-state index contributed by atoms with van der Waals surface area (Å²) in [5, 5.41) is 5.81. The van der Waals surface area contributed by atoms with Crippen molar-refractivity contribution in [2.24, 2.45) is 0 Å². The van der Waals surface area contributed by atoms with Crippen molar-refractivity contribution in [2.75, 3.05) is 5.32 Å². The number of carbonyl (C=O) groups is 2. The average Bonchev–Trinajstić information content (AvgIpc) is 3.38. The van der Waals surface area contributed by atoms with Gasteiger partial charge >= 0.3 is 0 Å². The van der Waals surface area contributed by atoms with Gasteiger partial charge in [-0.2, -0.15) is 0 Å². The van der Waals surface area contributed by atoms with Crippen molar-refractivity contribution in [1.29, 1.82) is 0 Å². The zero-order valence-corrected chi connectivity index (χ0v) is 14.8. The summed E-state index contributed by atoms with van der Waals surface area (Å²) in [6.45, 7) is 0. The van der Waals surface area contributed by atoms with Gasteiger partial charge in [-0.3, -0.25) is 9.59 Å². The van der Waals surface area contributed by atoms with Crippen LogP contribution in [0.5, 0.6) is 0 Å². The molecule has 0 atom stereocenters. The van der Waals surface area contributed by atoms with E-state index >= 15 is 0 Å². The number of rotatable bonds is 6. The molecule has 0 aromatic heterocycles. The number of carbonyl (C=O) groups excluding carboxylic acids is 2. The SMILES string of the molecule is O=C(CCc1ccccc1Br)Nc1cccc(C(=O)NC2CC2)c1. The van der Waals surface area contributed by atoms with Crippen LogP contribution >= 0.6 is 15.9 Å². The van der Waals surface area contributed by atoms with Crippen LogP contribution in [0.4, 0.5) is 5.69 Å². The Hall–Kier alpha value is -2.14. The second kappa shape index (κ2) is 7.62. The minimum atomic E-state index is -0.0817. The molecule has 0 heterocycles. The van der Waals surface area contributed by atoms with E-state index in [9.17, 15) is 9.59 Å². The zero-order chi connectivity index (χ0) is 16.9. The lowest BCUT2D eigenvalue weighted by atomic mass is 10.1. The van der Waals surface area contributed by atoms with Gasteiger partial charge in [0.1, 0.15) is 0 Å². The molecule has 0 unspecified atom stereocenters. The van der Waals surface area contributed by atoms with E-state index in [2.05, 4.69) is 26.6 Å². The van der Waals surface area contributed by atoms with Crippen molar-refractivity contribution in [3.63, 3.8) is 0 Å². The molecule has 2 aromatic rings. The molecule has 0 spiro atoms. The Morgan fingerprint density at radius 2 is 1.88 bits per heavy atom. The lowest BCUT2D eigenvalue weighted by Gasteiger charge is -2.08. The number of amides is 2. The molecule has 3 rings (SSSR count). The van der Waals surface area contributed by atoms with E-state index < -0.39 is 0 Å². The van der Waals surface area contributed by atoms with Crippen molar-refractivity contribution in [2.45, 2.75) is 31.7 Å². The summed E-state index contributed by atoms with van der Waals surface area (Å²) >= 11 is 3.49. The fourth-order valence-corrected chi connectivity index (χ4v) is 2.89. The van der Waals surface area contributed by atoms with Crippen LogP contribution in [0.25, 0.3) is 0 Å². The van der Waals surface area contributed by atoms with E-state index in [1.807, 2.05) is 24.3 Å². The van der Waals surface area contributed by atoms with Gasteiger partial charge in [0.2, 0.25) is 5.91 Å². The van der Waals surface area contributed by atoms with Gasteiger partial charge in [0.15, 0.2) is 0 Å². The third-order valence-electron chi connectivity index (χ3n) is 3.90. The highest BCUT2D eigenvalue weighted by Gasteiger charge is 2.23. The number of benzene rings is 2. The molecule has 1 aliphatic rings. The Bertz CT molecular complexity index is 757. The summed E-state index contributed by atoms with van der Waals surface area (Å²) in [7, 11) is 0. The van der Waals surface area contributed by atoms with Crippen LogP contribution in [-0.4, -0.2) is 17.9 Å². The summed E-state index contributed by atoms with van der Waals surface area (Å²) in [5.41, 5.74) is 2.33. The highest BCUT2D eigenvalue weighted by atomic mass is 79.9. The number of nitrogens with one attached hydrogen (secondary N) is 2. The van der Waals surface area contributed by atoms with Gasteiger partial charge in [0.05, 0.1) is 0 Å². The van der Waals surface area contributed by atoms with Crippen molar-refractivity contribution in [3.8, 4) is 0 Å². The lowest BCUT2D eigenvalue weighted by Crippen LogP contribution is -2.25. The molecule has 0 saturated heterocycles. The topological polar surface area (TPSA) is 58.2 Å². The molecule has 0 aliphatic heterocycles. The summed E-state index contributed by atoms with van der Waals surface area (Å²) in [6, 6.07) is 15.2. The number of aryl methyl sites for hydroxylation is 1. The molecule has 124 valence electrons. The number of anilines is 1. The molecule has 5 heteroatoms. The van der Waals surface area contributed by atoms with Crippen LogP contribution < -0.4 is 10.6 Å². The first-order chi connectivity index (χ1) is 11.6. The van der Waals surface area contributed by atoms with Gasteiger partial charge in [-0.1, -0.05) is 40.2 Å². The smallest absolute Gasteiger partial charge is 0.251 e. The Balaban J connectivity index is 1.56. The Morgan fingerprint density at radius 3 is 2.62 bits per heavy atom. The third-order valence-corrected chi connectivity index (χ3v) is 4.67. The minimum Gasteiger partial charge on any atom is -0.349 e. The molecule has 24 heavy (non-hydrogen) atoms. The van der Waals surface area contributed by atoms with Crippen molar-refractivity contribution >= 4 is 33.4 Å². The van der Waals surface area contributed by atoms with E-state index in [4.69, 9.17) is 0 Å². The van der Waals surface area contributed by atoms with Crippen molar-refractivity contribution in [1.82, 2.24) is 5.32 Å². The number of halogens is 1. The van der Waals surface area contributed by atoms with Gasteiger partial charge in [0.25, 0.3) is 5.91 Å². The monoisotopic (exact) mass is 386 g/mol. The van der Waals surface area contributed by atoms with Crippen LogP contribution in [0.15, 0.2) is 53.0 Å². The second-order valence-electron chi connectivity index (χ2n) is 5.97. The standard InChI is InChI=1S/C19H19BrN2O2/c20-17-7-2-1-4-13(17)8-11-18(23)21-16-6-3-5-14(12-16)19(24)22-15-9-10-15/h1-7,12,15H,8-11H2,(H,21,23)(H,22,24). The first-order valence-corrected chi connectivity index (χ1v) is 8.85. The quantitative estimate of drug-likeness (QED) is 0.790. The summed E-state index contributed by atoms with van der Waals surface area (Å²) in [6.07, 6.45) is 3.16. The highest BCUT2D eigenvalue weighted by molar-refractivity contribution is 9.10. The van der Waals surface area contributed by atoms with E-state index in [0.717, 1.165) is 22.9 Å². The summed E-state index contributed by atoms with van der Waals surface area (Å²) in [4.78, 5) is 24.2. The normalized spacial score (nSPS) is 13.4. The molecular formula is C19H19BrN2O2. The minimum absolute atomic E-state index is 0.0643. The molecule has 1 aliphatic carbocycles. The van der Waals surface area contributed by atoms with Gasteiger partial charge in [-0.05, 0) is 49.1 Å². The second-order valence-corrected chi connectivity index (χ2v) is 6.82. The maximum atomic E-state index is 12.1. The average molecular weight is 387 g/mol. The zero-order valence-electron chi connectivity index (χ0n) is 13.2. The summed E-state index contributed by atoms with van der Waals surface area (Å²) < 4.78 is 1.01. The Kier molecular flexibility index (Phi) is 5.30. The van der Waals surface area contributed by atoms with Crippen LogP contribution in [0.3, 0.4) is 0 Å². The van der Waals surface area contributed by atoms with Gasteiger partial charge in [-0.15, -0.1) is 0 Å². The fourth-order valence-electron chi connectivity index (χ4n) is 2.41. The van der Waals surface area contributed by atoms with Crippen LogP contribution in [-0.2, 0) is 11.2 Å². The summed E-state index contributed by atoms with van der Waals surface area (Å²) in [5.74, 6) is -0.146. The first-order valence-electron chi connectivity index (χ1n) is 8.06. The molecule has 2 N–H and O–H groups in total. The molecule has 2 amide bonds. The highest BCUT2D eigenvalue weighted by Crippen LogP contribution is 2.20. The molecule has 1 fully saturated rings. The lowest BCUT2D eigenvalue weighted by molar-refractivity contribution is -0.116. The van der Waals surface area contributed by atoms with Gasteiger partial charge < -0.3 is 10.6 Å². The van der Waals surface area contributed by atoms with Crippen LogP contribution in [0.1, 0.15) is 35.2 Å². The van der Waals surface area contributed by atoms with E-state index in [0.29, 0.717) is 30.1 Å². The predicted octanol–water partition coefficient (Wildman–Crippen LogP) is 3.91. The molecule has 4 nitrogen and oxygen atoms in total. The molecule has 1 saturated carbocycles. The molecule has 0 bridgehead atoms. The maximum Gasteiger partial charge on any atom is 0.251 e. The Labute approximate surface area is 149 Å². The third kappa shape index (κ3) is 4.68. The van der Waals surface area contributed by atoms with Gasteiger partial charge in [0, 0.05) is 28.2 Å². The molecular weight excluding hydrogens is 368 g/mol. The number of hydrogen-bond donors (Lipinski definition) is 2. The van der Waals surface area contributed by atoms with Gasteiger partial charge in [-0.25, -0.2) is 0 Å². The fraction of sp³-hybridized carbons (Fsp3) is 0.263. The van der Waals surface area contributed by atoms with E-state index in [-0.39, 0.29) is 11.8 Å².